The van der Waals surface area contributed by atoms with Gasteiger partial charge in [-0.05, 0) is 53.2 Å². The summed E-state index contributed by atoms with van der Waals surface area (Å²) in [5, 5.41) is 14.5. The van der Waals surface area contributed by atoms with Gasteiger partial charge in [0.15, 0.2) is 5.17 Å². The van der Waals surface area contributed by atoms with E-state index in [0.717, 1.165) is 6.07 Å². The largest absolute Gasteiger partial charge is 0.497 e. The first-order valence-corrected chi connectivity index (χ1v) is 11.6. The number of carboxylic acids is 1. The zero-order valence-corrected chi connectivity index (χ0v) is 19.6. The average Bonchev–Trinajstić information content (AvgIpc) is 3.35. The third-order valence-electron chi connectivity index (χ3n) is 6.02. The lowest BCUT2D eigenvalue weighted by Crippen LogP contribution is -2.51. The topological polar surface area (TPSA) is 97.0 Å². The van der Waals surface area contributed by atoms with Crippen molar-refractivity contribution < 1.29 is 32.6 Å². The van der Waals surface area contributed by atoms with Crippen molar-refractivity contribution in [3.8, 4) is 5.75 Å². The molecule has 2 aliphatic rings. The number of amides is 1. The van der Waals surface area contributed by atoms with Gasteiger partial charge in [-0.1, -0.05) is 12.1 Å². The number of aliphatic imine (C=N–C) groups is 1. The molecule has 36 heavy (non-hydrogen) atoms. The van der Waals surface area contributed by atoms with Crippen LogP contribution in [0.2, 0.25) is 0 Å². The Bertz CT molecular complexity index is 1440. The van der Waals surface area contributed by atoms with E-state index in [9.17, 15) is 22.8 Å². The molecule has 2 aromatic carbocycles. The van der Waals surface area contributed by atoms with E-state index >= 15 is 0 Å². The molecule has 1 aromatic heterocycles. The molecule has 0 saturated carbocycles. The Hall–Kier alpha value is -3.80. The van der Waals surface area contributed by atoms with Crippen LogP contribution < -0.4 is 4.74 Å². The van der Waals surface area contributed by atoms with Crippen molar-refractivity contribution in [3.05, 3.63) is 64.2 Å². The van der Waals surface area contributed by atoms with Crippen LogP contribution in [-0.4, -0.2) is 57.0 Å². The molecule has 186 valence electrons. The van der Waals surface area contributed by atoms with E-state index in [2.05, 4.69) is 10.1 Å². The molecule has 0 radical (unpaired) electrons. The molecule has 0 bridgehead atoms. The lowest BCUT2D eigenvalue weighted by Gasteiger charge is -2.37. The number of aliphatic carboxylic acids is 1. The number of alkyl halides is 3. The molecule has 0 unspecified atom stereocenters. The fourth-order valence-corrected chi connectivity index (χ4v) is 4.97. The third-order valence-corrected chi connectivity index (χ3v) is 7.06. The van der Waals surface area contributed by atoms with Crippen LogP contribution in [0.3, 0.4) is 0 Å². The first kappa shape index (κ1) is 23.9. The fraction of sp³-hybridized carbons (Fsp3) is 0.250. The number of rotatable bonds is 5. The predicted octanol–water partition coefficient (Wildman–Crippen LogP) is 4.10. The lowest BCUT2D eigenvalue weighted by atomic mass is 10.0. The molecule has 12 heteroatoms. The van der Waals surface area contributed by atoms with Gasteiger partial charge < -0.3 is 14.7 Å². The highest BCUT2D eigenvalue weighted by molar-refractivity contribution is 8.18. The number of fused-ring (bicyclic) bond motifs is 1. The van der Waals surface area contributed by atoms with Crippen LogP contribution in [0.15, 0.2) is 52.5 Å². The second-order valence-electron chi connectivity index (χ2n) is 8.39. The van der Waals surface area contributed by atoms with Gasteiger partial charge in [0.1, 0.15) is 5.75 Å². The van der Waals surface area contributed by atoms with Gasteiger partial charge in [-0.3, -0.25) is 14.3 Å². The number of methoxy groups -OCH3 is 1. The quantitative estimate of drug-likeness (QED) is 0.510. The monoisotopic (exact) mass is 516 g/mol. The van der Waals surface area contributed by atoms with Crippen LogP contribution >= 0.6 is 11.8 Å². The number of hydrogen-bond donors (Lipinski definition) is 1. The maximum atomic E-state index is 13.6. The Morgan fingerprint density at radius 3 is 2.72 bits per heavy atom. The second-order valence-corrected chi connectivity index (χ2v) is 9.40. The zero-order valence-electron chi connectivity index (χ0n) is 18.8. The van der Waals surface area contributed by atoms with E-state index in [1.807, 2.05) is 0 Å². The van der Waals surface area contributed by atoms with Crippen LogP contribution in [0, 0.1) is 5.92 Å². The number of ether oxygens (including phenoxy) is 1. The summed E-state index contributed by atoms with van der Waals surface area (Å²) < 4.78 is 47.2. The number of likely N-dealkylation sites (tertiary alicyclic amines) is 1. The van der Waals surface area contributed by atoms with Crippen molar-refractivity contribution in [2.45, 2.75) is 12.7 Å². The number of benzene rings is 2. The Balaban J connectivity index is 1.35. The second kappa shape index (κ2) is 9.01. The zero-order chi connectivity index (χ0) is 25.6. The van der Waals surface area contributed by atoms with Crippen molar-refractivity contribution in [1.82, 2.24) is 14.7 Å². The van der Waals surface area contributed by atoms with Crippen molar-refractivity contribution in [2.75, 3.05) is 20.2 Å². The van der Waals surface area contributed by atoms with Crippen molar-refractivity contribution >= 4 is 45.8 Å². The van der Waals surface area contributed by atoms with Gasteiger partial charge in [0.05, 0.1) is 41.8 Å². The average molecular weight is 517 g/mol. The third kappa shape index (κ3) is 4.55. The Morgan fingerprint density at radius 1 is 1.25 bits per heavy atom. The first-order valence-electron chi connectivity index (χ1n) is 10.8. The van der Waals surface area contributed by atoms with E-state index in [1.165, 1.54) is 35.7 Å². The molecule has 1 N–H and O–H groups in total. The molecule has 3 aromatic rings. The summed E-state index contributed by atoms with van der Waals surface area (Å²) in [6.45, 7) is 0.551. The summed E-state index contributed by atoms with van der Waals surface area (Å²) in [5.41, 5.74) is 0.634. The van der Waals surface area contributed by atoms with Crippen LogP contribution in [-0.2, 0) is 22.3 Å². The van der Waals surface area contributed by atoms with E-state index in [4.69, 9.17) is 9.84 Å². The highest BCUT2D eigenvalue weighted by atomic mass is 32.2. The van der Waals surface area contributed by atoms with Gasteiger partial charge >= 0.3 is 12.1 Å². The number of aromatic nitrogens is 2. The van der Waals surface area contributed by atoms with Crippen molar-refractivity contribution in [1.29, 1.82) is 0 Å². The molecule has 0 atom stereocenters. The molecule has 0 spiro atoms. The Morgan fingerprint density at radius 2 is 2.03 bits per heavy atom. The minimum atomic E-state index is -4.54. The number of carbonyl (C=O) groups excluding carboxylic acids is 1. The lowest BCUT2D eigenvalue weighted by molar-refractivity contribution is -0.145. The maximum absolute atomic E-state index is 13.6. The Kier molecular flexibility index (Phi) is 5.99. The van der Waals surface area contributed by atoms with Gasteiger partial charge in [0, 0.05) is 18.5 Å². The number of carbonyl (C=O) groups is 2. The van der Waals surface area contributed by atoms with Gasteiger partial charge in [0.25, 0.3) is 5.91 Å². The van der Waals surface area contributed by atoms with Gasteiger partial charge in [-0.25, -0.2) is 0 Å². The first-order chi connectivity index (χ1) is 17.1. The molecule has 8 nitrogen and oxygen atoms in total. The number of thioether (sulfide) groups is 1. The molecular weight excluding hydrogens is 497 g/mol. The van der Waals surface area contributed by atoms with E-state index < -0.39 is 29.5 Å². The molecule has 1 saturated heterocycles. The highest BCUT2D eigenvalue weighted by Gasteiger charge is 2.38. The maximum Gasteiger partial charge on any atom is 0.416 e. The molecule has 3 heterocycles. The Labute approximate surface area is 207 Å². The fourth-order valence-electron chi connectivity index (χ4n) is 4.04. The summed E-state index contributed by atoms with van der Waals surface area (Å²) in [5.74, 6) is -1.60. The summed E-state index contributed by atoms with van der Waals surface area (Å²) in [4.78, 5) is 29.5. The van der Waals surface area contributed by atoms with E-state index in [1.54, 1.807) is 35.4 Å². The smallest absolute Gasteiger partial charge is 0.416 e. The predicted molar refractivity (Wildman–Crippen MR) is 128 cm³/mol. The normalized spacial score (nSPS) is 17.6. The van der Waals surface area contributed by atoms with Gasteiger partial charge in [-0.2, -0.15) is 23.3 Å². The SMILES string of the molecule is COc1ccc(Cn2ncc3cc(/C=C4\SC(N5CC(C(=O)O)C5)=NC4=O)ccc32)c(C(F)(F)F)c1. The number of halogens is 3. The summed E-state index contributed by atoms with van der Waals surface area (Å²) in [6, 6.07) is 9.12. The summed E-state index contributed by atoms with van der Waals surface area (Å²) >= 11 is 1.19. The van der Waals surface area contributed by atoms with Crippen LogP contribution in [0.4, 0.5) is 13.2 Å². The van der Waals surface area contributed by atoms with Crippen LogP contribution in [0.1, 0.15) is 16.7 Å². The molecule has 2 aliphatic heterocycles. The van der Waals surface area contributed by atoms with Crippen molar-refractivity contribution in [2.24, 2.45) is 10.9 Å². The minimum absolute atomic E-state index is 0.0632. The van der Waals surface area contributed by atoms with Crippen LogP contribution in [0.5, 0.6) is 5.75 Å². The standard InChI is InChI=1S/C24H19F3N4O4S/c1-35-17-4-3-14(18(8-17)24(25,26)27)12-31-19-5-2-13(6-15(19)9-28-31)7-20-21(32)29-23(36-20)30-10-16(11-30)22(33)34/h2-9,16H,10-12H2,1H3,(H,33,34)/b20-7-. The van der Waals surface area contributed by atoms with E-state index in [0.29, 0.717) is 39.6 Å². The van der Waals surface area contributed by atoms with Crippen molar-refractivity contribution in [3.63, 3.8) is 0 Å². The number of carboxylic acid groups (broad SMARTS) is 1. The summed E-state index contributed by atoms with van der Waals surface area (Å²) in [6.07, 6.45) is -1.30. The number of nitrogens with zero attached hydrogens (tertiary/aromatic N) is 4. The molecule has 0 aliphatic carbocycles. The van der Waals surface area contributed by atoms with Gasteiger partial charge in [0.2, 0.25) is 0 Å². The summed E-state index contributed by atoms with van der Waals surface area (Å²) in [7, 11) is 1.31. The van der Waals surface area contributed by atoms with E-state index in [-0.39, 0.29) is 17.9 Å². The molecule has 1 fully saturated rings. The van der Waals surface area contributed by atoms with Gasteiger partial charge in [-0.15, -0.1) is 0 Å². The highest BCUT2D eigenvalue weighted by Crippen LogP contribution is 2.36. The molecule has 1 amide bonds. The van der Waals surface area contributed by atoms with Crippen LogP contribution in [0.25, 0.3) is 17.0 Å². The molecular formula is C24H19F3N4O4S. The minimum Gasteiger partial charge on any atom is -0.497 e. The molecule has 5 rings (SSSR count). The number of hydrogen-bond acceptors (Lipinski definition) is 6. The number of amidine groups is 1.